The second kappa shape index (κ2) is 5.83. The minimum absolute atomic E-state index is 0.245. The second-order valence-electron chi connectivity index (χ2n) is 5.74. The highest BCUT2D eigenvalue weighted by Gasteiger charge is 2.42. The van der Waals surface area contributed by atoms with Crippen LogP contribution in [0.1, 0.15) is 43.9 Å². The molecule has 1 aromatic heterocycles. The first-order valence-corrected chi connectivity index (χ1v) is 7.23. The Morgan fingerprint density at radius 1 is 1.32 bits per heavy atom. The SMILES string of the molecule is CCc1ccc(CC(=O)C2(N(C)C)CCCC2)nc1. The number of aromatic nitrogens is 1. The lowest BCUT2D eigenvalue weighted by Gasteiger charge is -2.34. The number of carbonyl (C=O) groups is 1. The second-order valence-corrected chi connectivity index (χ2v) is 5.74. The topological polar surface area (TPSA) is 33.2 Å². The van der Waals surface area contributed by atoms with Gasteiger partial charge in [0.05, 0.1) is 12.0 Å². The Kier molecular flexibility index (Phi) is 4.35. The fraction of sp³-hybridized carbons (Fsp3) is 0.625. The van der Waals surface area contributed by atoms with Crippen molar-refractivity contribution in [1.82, 2.24) is 9.88 Å². The number of rotatable bonds is 5. The van der Waals surface area contributed by atoms with E-state index in [1.807, 2.05) is 26.4 Å². The Morgan fingerprint density at radius 3 is 2.47 bits per heavy atom. The van der Waals surface area contributed by atoms with Crippen molar-refractivity contribution in [2.45, 2.75) is 51.0 Å². The molecule has 1 aromatic rings. The van der Waals surface area contributed by atoms with Crippen LogP contribution in [0.2, 0.25) is 0 Å². The van der Waals surface area contributed by atoms with Gasteiger partial charge in [-0.1, -0.05) is 25.8 Å². The van der Waals surface area contributed by atoms with Gasteiger partial charge in [0.1, 0.15) is 0 Å². The predicted octanol–water partition coefficient (Wildman–Crippen LogP) is 2.63. The molecule has 0 amide bonds. The molecule has 104 valence electrons. The maximum absolute atomic E-state index is 12.7. The molecule has 0 radical (unpaired) electrons. The molecule has 1 fully saturated rings. The largest absolute Gasteiger partial charge is 0.297 e. The summed E-state index contributed by atoms with van der Waals surface area (Å²) in [5.41, 5.74) is 1.88. The van der Waals surface area contributed by atoms with Crippen LogP contribution in [0.25, 0.3) is 0 Å². The zero-order valence-corrected chi connectivity index (χ0v) is 12.3. The first kappa shape index (κ1) is 14.2. The average Bonchev–Trinajstić information content (AvgIpc) is 2.90. The van der Waals surface area contributed by atoms with Crippen molar-refractivity contribution < 1.29 is 4.79 Å². The van der Waals surface area contributed by atoms with Gasteiger partial charge in [0.2, 0.25) is 0 Å². The van der Waals surface area contributed by atoms with Crippen molar-refractivity contribution in [1.29, 1.82) is 0 Å². The highest BCUT2D eigenvalue weighted by molar-refractivity contribution is 5.90. The zero-order valence-electron chi connectivity index (χ0n) is 12.3. The minimum Gasteiger partial charge on any atom is -0.297 e. The Morgan fingerprint density at radius 2 is 2.00 bits per heavy atom. The average molecular weight is 260 g/mol. The molecule has 1 heterocycles. The zero-order chi connectivity index (χ0) is 13.9. The van der Waals surface area contributed by atoms with Gasteiger partial charge < -0.3 is 0 Å². The number of hydrogen-bond donors (Lipinski definition) is 0. The Hall–Kier alpha value is -1.22. The lowest BCUT2D eigenvalue weighted by atomic mass is 9.88. The molecule has 1 aliphatic carbocycles. The third kappa shape index (κ3) is 2.86. The summed E-state index contributed by atoms with van der Waals surface area (Å²) < 4.78 is 0. The molecule has 3 heteroatoms. The normalized spacial score (nSPS) is 17.9. The fourth-order valence-electron chi connectivity index (χ4n) is 3.03. The number of aryl methyl sites for hydroxylation is 1. The summed E-state index contributed by atoms with van der Waals surface area (Å²) in [6.45, 7) is 2.11. The van der Waals surface area contributed by atoms with Crippen LogP contribution in [0.5, 0.6) is 0 Å². The van der Waals surface area contributed by atoms with Crippen molar-refractivity contribution in [3.05, 3.63) is 29.6 Å². The van der Waals surface area contributed by atoms with Gasteiger partial charge in [-0.25, -0.2) is 0 Å². The van der Waals surface area contributed by atoms with Gasteiger partial charge in [0, 0.05) is 11.9 Å². The quantitative estimate of drug-likeness (QED) is 0.816. The van der Waals surface area contributed by atoms with Crippen LogP contribution in [0, 0.1) is 0 Å². The number of nitrogens with zero attached hydrogens (tertiary/aromatic N) is 2. The molecular weight excluding hydrogens is 236 g/mol. The number of likely N-dealkylation sites (N-methyl/N-ethyl adjacent to an activating group) is 1. The van der Waals surface area contributed by atoms with Crippen molar-refractivity contribution in [3.8, 4) is 0 Å². The van der Waals surface area contributed by atoms with Gasteiger partial charge in [0.25, 0.3) is 0 Å². The van der Waals surface area contributed by atoms with E-state index in [0.29, 0.717) is 12.2 Å². The summed E-state index contributed by atoms with van der Waals surface area (Å²) in [4.78, 5) is 19.2. The number of hydrogen-bond acceptors (Lipinski definition) is 3. The van der Waals surface area contributed by atoms with Crippen LogP contribution >= 0.6 is 0 Å². The number of ketones is 1. The van der Waals surface area contributed by atoms with Crippen molar-refractivity contribution in [2.24, 2.45) is 0 Å². The van der Waals surface area contributed by atoms with Crippen molar-refractivity contribution in [2.75, 3.05) is 14.1 Å². The minimum atomic E-state index is -0.245. The Labute approximate surface area is 116 Å². The predicted molar refractivity (Wildman–Crippen MR) is 77.2 cm³/mol. The number of Topliss-reactive ketones (excluding diaryl/α,β-unsaturated/α-hetero) is 1. The van der Waals surface area contributed by atoms with Crippen LogP contribution in [-0.4, -0.2) is 35.3 Å². The highest BCUT2D eigenvalue weighted by atomic mass is 16.1. The van der Waals surface area contributed by atoms with Crippen LogP contribution in [0.3, 0.4) is 0 Å². The van der Waals surface area contributed by atoms with Gasteiger partial charge in [0.15, 0.2) is 5.78 Å². The molecule has 3 nitrogen and oxygen atoms in total. The maximum atomic E-state index is 12.7. The van der Waals surface area contributed by atoms with E-state index in [9.17, 15) is 4.79 Å². The molecular formula is C16H24N2O. The molecule has 1 saturated carbocycles. The standard InChI is InChI=1S/C16H24N2O/c1-4-13-7-8-14(17-12-13)11-15(19)16(18(2)3)9-5-6-10-16/h7-8,12H,4-6,9-11H2,1-3H3. The van der Waals surface area contributed by atoms with E-state index in [1.54, 1.807) is 0 Å². The van der Waals surface area contributed by atoms with Gasteiger partial charge in [-0.15, -0.1) is 0 Å². The smallest absolute Gasteiger partial charge is 0.158 e. The molecule has 0 unspecified atom stereocenters. The van der Waals surface area contributed by atoms with E-state index < -0.39 is 0 Å². The number of carbonyl (C=O) groups excluding carboxylic acids is 1. The molecule has 0 spiro atoms. The fourth-order valence-corrected chi connectivity index (χ4v) is 3.03. The van der Waals surface area contributed by atoms with E-state index in [-0.39, 0.29) is 5.54 Å². The lowest BCUT2D eigenvalue weighted by Crippen LogP contribution is -2.49. The lowest BCUT2D eigenvalue weighted by molar-refractivity contribution is -0.128. The highest BCUT2D eigenvalue weighted by Crippen LogP contribution is 2.35. The van der Waals surface area contributed by atoms with Gasteiger partial charge in [-0.2, -0.15) is 0 Å². The van der Waals surface area contributed by atoms with Gasteiger partial charge in [-0.05, 0) is 45.0 Å². The molecule has 0 atom stereocenters. The van der Waals surface area contributed by atoms with Crippen LogP contribution in [0.15, 0.2) is 18.3 Å². The third-order valence-electron chi connectivity index (χ3n) is 4.44. The van der Waals surface area contributed by atoms with E-state index in [4.69, 9.17) is 0 Å². The van der Waals surface area contributed by atoms with E-state index in [2.05, 4.69) is 22.9 Å². The number of pyridine rings is 1. The van der Waals surface area contributed by atoms with Crippen molar-refractivity contribution >= 4 is 5.78 Å². The van der Waals surface area contributed by atoms with Gasteiger partial charge in [-0.3, -0.25) is 14.7 Å². The molecule has 0 N–H and O–H groups in total. The maximum Gasteiger partial charge on any atom is 0.158 e. The summed E-state index contributed by atoms with van der Waals surface area (Å²) in [5.74, 6) is 0.326. The molecule has 0 aliphatic heterocycles. The van der Waals surface area contributed by atoms with E-state index >= 15 is 0 Å². The Bertz CT molecular complexity index is 431. The van der Waals surface area contributed by atoms with Gasteiger partial charge >= 0.3 is 0 Å². The summed E-state index contributed by atoms with van der Waals surface area (Å²) in [6.07, 6.45) is 7.64. The molecule has 19 heavy (non-hydrogen) atoms. The molecule has 2 rings (SSSR count). The van der Waals surface area contributed by atoms with Crippen LogP contribution in [0.4, 0.5) is 0 Å². The summed E-state index contributed by atoms with van der Waals surface area (Å²) in [6, 6.07) is 4.07. The van der Waals surface area contributed by atoms with E-state index in [1.165, 1.54) is 5.56 Å². The first-order valence-electron chi connectivity index (χ1n) is 7.23. The van der Waals surface area contributed by atoms with Crippen LogP contribution < -0.4 is 0 Å². The molecule has 0 saturated heterocycles. The van der Waals surface area contributed by atoms with E-state index in [0.717, 1.165) is 37.8 Å². The van der Waals surface area contributed by atoms with Crippen LogP contribution in [-0.2, 0) is 17.6 Å². The van der Waals surface area contributed by atoms with Crippen molar-refractivity contribution in [3.63, 3.8) is 0 Å². The summed E-state index contributed by atoms with van der Waals surface area (Å²) in [5, 5.41) is 0. The molecule has 0 aromatic carbocycles. The molecule has 0 bridgehead atoms. The molecule has 1 aliphatic rings. The summed E-state index contributed by atoms with van der Waals surface area (Å²) >= 11 is 0. The first-order chi connectivity index (χ1) is 9.08. The monoisotopic (exact) mass is 260 g/mol. The third-order valence-corrected chi connectivity index (χ3v) is 4.44. The Balaban J connectivity index is 2.10. The summed E-state index contributed by atoms with van der Waals surface area (Å²) in [7, 11) is 4.05.